The van der Waals surface area contributed by atoms with Gasteiger partial charge in [0.1, 0.15) is 17.8 Å². The molecule has 9 heteroatoms. The lowest BCUT2D eigenvalue weighted by molar-refractivity contribution is -0.385. The predicted molar refractivity (Wildman–Crippen MR) is 112 cm³/mol. The standard InChI is InChI=1S/C20H20N4O4S/c25-20(22-10-9-21-19-8-7-17(12-23-19)24(26)27)16-5-3-15(4-6-16)13-29-14-18-2-1-11-28-18/h1-8,11-12H,9-10,13-14H2,(H,21,23)(H,22,25). The van der Waals surface area contributed by atoms with Gasteiger partial charge in [-0.15, -0.1) is 11.8 Å². The first kappa shape index (κ1) is 20.4. The molecule has 0 aliphatic carbocycles. The summed E-state index contributed by atoms with van der Waals surface area (Å²) in [6.07, 6.45) is 2.86. The Labute approximate surface area is 171 Å². The number of nitrogens with zero attached hydrogens (tertiary/aromatic N) is 2. The molecule has 0 saturated heterocycles. The van der Waals surface area contributed by atoms with E-state index in [0.717, 1.165) is 22.8 Å². The fraction of sp³-hybridized carbons (Fsp3) is 0.200. The number of hydrogen-bond acceptors (Lipinski definition) is 7. The number of thioether (sulfide) groups is 1. The minimum Gasteiger partial charge on any atom is -0.468 e. The topological polar surface area (TPSA) is 110 Å². The molecule has 2 aromatic heterocycles. The molecule has 150 valence electrons. The summed E-state index contributed by atoms with van der Waals surface area (Å²) in [6.45, 7) is 0.857. The van der Waals surface area contributed by atoms with Crippen molar-refractivity contribution in [2.24, 2.45) is 0 Å². The molecule has 1 amide bonds. The Hall–Kier alpha value is -3.33. The van der Waals surface area contributed by atoms with Gasteiger partial charge in [0.25, 0.3) is 11.6 Å². The predicted octanol–water partition coefficient (Wildman–Crippen LogP) is 3.86. The number of furan rings is 1. The summed E-state index contributed by atoms with van der Waals surface area (Å²) in [6, 6.07) is 14.2. The molecule has 0 unspecified atom stereocenters. The minimum atomic E-state index is -0.500. The van der Waals surface area contributed by atoms with E-state index in [2.05, 4.69) is 15.6 Å². The summed E-state index contributed by atoms with van der Waals surface area (Å²) in [7, 11) is 0. The Morgan fingerprint density at radius 3 is 2.59 bits per heavy atom. The first-order valence-corrected chi connectivity index (χ1v) is 10.1. The molecule has 1 aromatic carbocycles. The fourth-order valence-corrected chi connectivity index (χ4v) is 3.38. The summed E-state index contributed by atoms with van der Waals surface area (Å²) in [5.74, 6) is 2.96. The highest BCUT2D eigenvalue weighted by Crippen LogP contribution is 2.18. The second-order valence-electron chi connectivity index (χ2n) is 6.11. The highest BCUT2D eigenvalue weighted by atomic mass is 32.2. The molecule has 0 saturated carbocycles. The molecule has 2 N–H and O–H groups in total. The minimum absolute atomic E-state index is 0.0633. The lowest BCUT2D eigenvalue weighted by Crippen LogP contribution is -2.28. The van der Waals surface area contributed by atoms with Crippen LogP contribution >= 0.6 is 11.8 Å². The maximum atomic E-state index is 12.2. The number of benzene rings is 1. The third-order valence-corrected chi connectivity index (χ3v) is 5.01. The van der Waals surface area contributed by atoms with Crippen LogP contribution in [0.3, 0.4) is 0 Å². The maximum absolute atomic E-state index is 12.2. The van der Waals surface area contributed by atoms with Crippen LogP contribution in [-0.4, -0.2) is 28.9 Å². The van der Waals surface area contributed by atoms with Crippen LogP contribution < -0.4 is 10.6 Å². The smallest absolute Gasteiger partial charge is 0.287 e. The number of hydrogen-bond donors (Lipinski definition) is 2. The van der Waals surface area contributed by atoms with Crippen LogP contribution in [0.5, 0.6) is 0 Å². The van der Waals surface area contributed by atoms with Crippen LogP contribution in [0.4, 0.5) is 11.5 Å². The van der Waals surface area contributed by atoms with Crippen molar-refractivity contribution in [2.45, 2.75) is 11.5 Å². The van der Waals surface area contributed by atoms with Crippen molar-refractivity contribution in [1.29, 1.82) is 0 Å². The van der Waals surface area contributed by atoms with Gasteiger partial charge in [-0.05, 0) is 35.9 Å². The molecule has 2 heterocycles. The third-order valence-electron chi connectivity index (χ3n) is 3.98. The quantitative estimate of drug-likeness (QED) is 0.295. The van der Waals surface area contributed by atoms with E-state index in [1.54, 1.807) is 18.0 Å². The van der Waals surface area contributed by atoms with Crippen molar-refractivity contribution >= 4 is 29.2 Å². The number of pyridine rings is 1. The third kappa shape index (κ3) is 6.35. The van der Waals surface area contributed by atoms with E-state index in [9.17, 15) is 14.9 Å². The zero-order chi connectivity index (χ0) is 20.5. The van der Waals surface area contributed by atoms with Crippen molar-refractivity contribution in [3.8, 4) is 0 Å². The van der Waals surface area contributed by atoms with E-state index in [0.29, 0.717) is 24.5 Å². The Kier molecular flexibility index (Phi) is 7.23. The first-order chi connectivity index (χ1) is 14.1. The van der Waals surface area contributed by atoms with Crippen molar-refractivity contribution in [3.63, 3.8) is 0 Å². The molecule has 0 atom stereocenters. The molecule has 0 aliphatic heterocycles. The molecule has 29 heavy (non-hydrogen) atoms. The van der Waals surface area contributed by atoms with Gasteiger partial charge in [-0.1, -0.05) is 12.1 Å². The van der Waals surface area contributed by atoms with Crippen LogP contribution in [0, 0.1) is 10.1 Å². The Morgan fingerprint density at radius 1 is 1.10 bits per heavy atom. The highest BCUT2D eigenvalue weighted by molar-refractivity contribution is 7.97. The lowest BCUT2D eigenvalue weighted by atomic mass is 10.1. The normalized spacial score (nSPS) is 10.5. The van der Waals surface area contributed by atoms with Gasteiger partial charge in [-0.3, -0.25) is 14.9 Å². The monoisotopic (exact) mass is 412 g/mol. The summed E-state index contributed by atoms with van der Waals surface area (Å²) >= 11 is 1.75. The number of aromatic nitrogens is 1. The Morgan fingerprint density at radius 2 is 1.93 bits per heavy atom. The van der Waals surface area contributed by atoms with Crippen molar-refractivity contribution < 1.29 is 14.1 Å². The van der Waals surface area contributed by atoms with Gasteiger partial charge < -0.3 is 15.1 Å². The number of carbonyl (C=O) groups is 1. The van der Waals surface area contributed by atoms with Gasteiger partial charge in [-0.2, -0.15) is 0 Å². The summed E-state index contributed by atoms with van der Waals surface area (Å²) in [4.78, 5) is 26.3. The molecular formula is C20H20N4O4S. The molecular weight excluding hydrogens is 392 g/mol. The van der Waals surface area contributed by atoms with Crippen LogP contribution in [0.15, 0.2) is 65.4 Å². The molecule has 0 bridgehead atoms. The van der Waals surface area contributed by atoms with Gasteiger partial charge in [-0.25, -0.2) is 4.98 Å². The first-order valence-electron chi connectivity index (χ1n) is 8.93. The van der Waals surface area contributed by atoms with Crippen LogP contribution in [0.2, 0.25) is 0 Å². The Bertz CT molecular complexity index is 928. The molecule has 0 radical (unpaired) electrons. The van der Waals surface area contributed by atoms with Crippen molar-refractivity contribution in [1.82, 2.24) is 10.3 Å². The number of nitrogens with one attached hydrogen (secondary N) is 2. The average Bonchev–Trinajstić information content (AvgIpc) is 3.25. The fourth-order valence-electron chi connectivity index (χ4n) is 2.48. The van der Waals surface area contributed by atoms with E-state index in [1.807, 2.05) is 36.4 Å². The van der Waals surface area contributed by atoms with E-state index in [4.69, 9.17) is 4.42 Å². The van der Waals surface area contributed by atoms with Crippen molar-refractivity contribution in [3.05, 3.63) is 88.0 Å². The second kappa shape index (κ2) is 10.3. The zero-order valence-corrected chi connectivity index (χ0v) is 16.4. The number of nitro groups is 1. The summed E-state index contributed by atoms with van der Waals surface area (Å²) in [5, 5.41) is 16.4. The van der Waals surface area contributed by atoms with Crippen LogP contribution in [0.1, 0.15) is 21.7 Å². The van der Waals surface area contributed by atoms with E-state index in [1.165, 1.54) is 18.3 Å². The number of carbonyl (C=O) groups excluding carboxylic acids is 1. The summed E-state index contributed by atoms with van der Waals surface area (Å²) in [5.41, 5.74) is 1.67. The van der Waals surface area contributed by atoms with E-state index >= 15 is 0 Å². The lowest BCUT2D eigenvalue weighted by Gasteiger charge is -2.08. The number of anilines is 1. The molecule has 3 rings (SSSR count). The molecule has 0 spiro atoms. The van der Waals surface area contributed by atoms with E-state index in [-0.39, 0.29) is 11.6 Å². The van der Waals surface area contributed by atoms with Crippen molar-refractivity contribution in [2.75, 3.05) is 18.4 Å². The van der Waals surface area contributed by atoms with E-state index < -0.39 is 4.92 Å². The number of rotatable bonds is 10. The molecule has 8 nitrogen and oxygen atoms in total. The summed E-state index contributed by atoms with van der Waals surface area (Å²) < 4.78 is 5.30. The number of amides is 1. The largest absolute Gasteiger partial charge is 0.468 e. The SMILES string of the molecule is O=C(NCCNc1ccc([N+](=O)[O-])cn1)c1ccc(CSCc2ccco2)cc1. The zero-order valence-electron chi connectivity index (χ0n) is 15.5. The van der Waals surface area contributed by atoms with Gasteiger partial charge >= 0.3 is 0 Å². The van der Waals surface area contributed by atoms with Crippen LogP contribution in [-0.2, 0) is 11.5 Å². The molecule has 3 aromatic rings. The molecule has 0 aliphatic rings. The highest BCUT2D eigenvalue weighted by Gasteiger charge is 2.07. The second-order valence-corrected chi connectivity index (χ2v) is 7.10. The van der Waals surface area contributed by atoms with Gasteiger partial charge in [0.15, 0.2) is 0 Å². The van der Waals surface area contributed by atoms with Gasteiger partial charge in [0.2, 0.25) is 0 Å². The maximum Gasteiger partial charge on any atom is 0.287 e. The van der Waals surface area contributed by atoms with Gasteiger partial charge in [0.05, 0.1) is 16.9 Å². The molecule has 0 fully saturated rings. The Balaban J connectivity index is 1.37. The average molecular weight is 412 g/mol. The van der Waals surface area contributed by atoms with Crippen LogP contribution in [0.25, 0.3) is 0 Å². The van der Waals surface area contributed by atoms with Gasteiger partial charge in [0, 0.05) is 30.5 Å².